The Kier molecular flexibility index (Phi) is 5.82. The molecule has 2 aromatic heterocycles. The van der Waals surface area contributed by atoms with Crippen molar-refractivity contribution in [1.29, 1.82) is 0 Å². The van der Waals surface area contributed by atoms with E-state index >= 15 is 0 Å². The monoisotopic (exact) mass is 368 g/mol. The predicted molar refractivity (Wildman–Crippen MR) is 103 cm³/mol. The topological polar surface area (TPSA) is 71.3 Å². The number of nitrogens with one attached hydrogen (secondary N) is 1. The smallest absolute Gasteiger partial charge is 0.222 e. The lowest BCUT2D eigenvalue weighted by atomic mass is 9.81. The summed E-state index contributed by atoms with van der Waals surface area (Å²) < 4.78 is 5.50. The zero-order valence-electron chi connectivity index (χ0n) is 15.8. The summed E-state index contributed by atoms with van der Waals surface area (Å²) in [6, 6.07) is 7.74. The molecular formula is C21H28N4O2. The summed E-state index contributed by atoms with van der Waals surface area (Å²) in [4.78, 5) is 19.1. The molecule has 144 valence electrons. The zero-order valence-corrected chi connectivity index (χ0v) is 15.8. The minimum absolute atomic E-state index is 0.334. The molecule has 27 heavy (non-hydrogen) atoms. The van der Waals surface area contributed by atoms with Gasteiger partial charge in [-0.1, -0.05) is 11.2 Å². The van der Waals surface area contributed by atoms with Crippen LogP contribution in [-0.4, -0.2) is 47.1 Å². The molecule has 6 nitrogen and oxygen atoms in total. The quantitative estimate of drug-likeness (QED) is 0.879. The first-order chi connectivity index (χ1) is 13.3. The summed E-state index contributed by atoms with van der Waals surface area (Å²) in [5.41, 5.74) is 1.75. The number of piperidine rings is 2. The van der Waals surface area contributed by atoms with Crippen molar-refractivity contribution in [3.63, 3.8) is 0 Å². The van der Waals surface area contributed by atoms with Crippen molar-refractivity contribution in [2.75, 3.05) is 26.2 Å². The number of carbonyl (C=O) groups is 1. The Morgan fingerprint density at radius 1 is 1.22 bits per heavy atom. The van der Waals surface area contributed by atoms with Gasteiger partial charge in [0.25, 0.3) is 0 Å². The summed E-state index contributed by atoms with van der Waals surface area (Å²) in [6.07, 6.45) is 7.86. The fourth-order valence-electron chi connectivity index (χ4n) is 4.29. The molecule has 2 saturated heterocycles. The summed E-state index contributed by atoms with van der Waals surface area (Å²) in [7, 11) is 0. The molecule has 2 unspecified atom stereocenters. The Balaban J connectivity index is 1.39. The van der Waals surface area contributed by atoms with Crippen LogP contribution in [0.2, 0.25) is 0 Å². The summed E-state index contributed by atoms with van der Waals surface area (Å²) in [6.45, 7) is 3.80. The van der Waals surface area contributed by atoms with Crippen molar-refractivity contribution < 1.29 is 9.32 Å². The number of nitrogens with zero attached hydrogens (tertiary/aromatic N) is 3. The second-order valence-corrected chi connectivity index (χ2v) is 7.76. The molecule has 4 rings (SSSR count). The zero-order chi connectivity index (χ0) is 18.5. The standard InChI is InChI=1S/C21H28N4O2/c26-21(25-10-4-1-5-11-25)13-16-7-9-22-15-17(16)12-18-14-20(27-24-18)19-6-2-3-8-23-19/h2-3,6,8,14,16-17,22H,1,4-5,7,9-13,15H2. The predicted octanol–water partition coefficient (Wildman–Crippen LogP) is 2.91. The Bertz CT molecular complexity index is 740. The van der Waals surface area contributed by atoms with E-state index in [-0.39, 0.29) is 0 Å². The van der Waals surface area contributed by atoms with Gasteiger partial charge in [-0.3, -0.25) is 9.78 Å². The maximum absolute atomic E-state index is 12.7. The summed E-state index contributed by atoms with van der Waals surface area (Å²) >= 11 is 0. The van der Waals surface area contributed by atoms with Gasteiger partial charge in [0, 0.05) is 31.8 Å². The van der Waals surface area contributed by atoms with E-state index in [0.717, 1.165) is 63.3 Å². The van der Waals surface area contributed by atoms with Crippen LogP contribution in [0.15, 0.2) is 35.0 Å². The van der Waals surface area contributed by atoms with Gasteiger partial charge in [0.15, 0.2) is 5.76 Å². The molecular weight excluding hydrogens is 340 g/mol. The van der Waals surface area contributed by atoms with Gasteiger partial charge >= 0.3 is 0 Å². The minimum Gasteiger partial charge on any atom is -0.354 e. The molecule has 0 saturated carbocycles. The van der Waals surface area contributed by atoms with Crippen molar-refractivity contribution >= 4 is 5.91 Å². The number of hydrogen-bond acceptors (Lipinski definition) is 5. The molecule has 2 fully saturated rings. The van der Waals surface area contributed by atoms with Gasteiger partial charge in [0.2, 0.25) is 5.91 Å². The van der Waals surface area contributed by atoms with Crippen LogP contribution in [0.25, 0.3) is 11.5 Å². The first kappa shape index (κ1) is 18.2. The van der Waals surface area contributed by atoms with E-state index in [1.165, 1.54) is 6.42 Å². The van der Waals surface area contributed by atoms with E-state index in [1.54, 1.807) is 6.20 Å². The number of pyridine rings is 1. The summed E-state index contributed by atoms with van der Waals surface area (Å²) in [5.74, 6) is 1.86. The Morgan fingerprint density at radius 3 is 2.93 bits per heavy atom. The third-order valence-electron chi connectivity index (χ3n) is 5.86. The molecule has 2 atom stereocenters. The fraction of sp³-hybridized carbons (Fsp3) is 0.571. The van der Waals surface area contributed by atoms with E-state index in [4.69, 9.17) is 4.52 Å². The van der Waals surface area contributed by atoms with Gasteiger partial charge in [0.05, 0.1) is 5.69 Å². The maximum Gasteiger partial charge on any atom is 0.222 e. The second-order valence-electron chi connectivity index (χ2n) is 7.76. The number of hydrogen-bond donors (Lipinski definition) is 1. The lowest BCUT2D eigenvalue weighted by molar-refractivity contribution is -0.133. The number of aromatic nitrogens is 2. The SMILES string of the molecule is O=C(CC1CCNCC1Cc1cc(-c2ccccn2)on1)N1CCCCC1. The average Bonchev–Trinajstić information content (AvgIpc) is 3.19. The largest absolute Gasteiger partial charge is 0.354 e. The lowest BCUT2D eigenvalue weighted by Gasteiger charge is -2.34. The van der Waals surface area contributed by atoms with E-state index in [9.17, 15) is 4.79 Å². The highest BCUT2D eigenvalue weighted by Gasteiger charge is 2.30. The average molecular weight is 368 g/mol. The Hall–Kier alpha value is -2.21. The molecule has 0 aliphatic carbocycles. The molecule has 0 bridgehead atoms. The van der Waals surface area contributed by atoms with Crippen LogP contribution >= 0.6 is 0 Å². The van der Waals surface area contributed by atoms with Gasteiger partial charge in [-0.25, -0.2) is 0 Å². The Labute approximate surface area is 160 Å². The van der Waals surface area contributed by atoms with Crippen LogP contribution in [0.1, 0.15) is 37.8 Å². The Morgan fingerprint density at radius 2 is 2.11 bits per heavy atom. The van der Waals surface area contributed by atoms with E-state index < -0.39 is 0 Å². The van der Waals surface area contributed by atoms with Gasteiger partial charge in [-0.05, 0) is 69.2 Å². The summed E-state index contributed by atoms with van der Waals surface area (Å²) in [5, 5.41) is 7.73. The van der Waals surface area contributed by atoms with Gasteiger partial charge < -0.3 is 14.7 Å². The van der Waals surface area contributed by atoms with E-state index in [2.05, 4.69) is 20.4 Å². The van der Waals surface area contributed by atoms with Crippen LogP contribution in [0, 0.1) is 11.8 Å². The first-order valence-electron chi connectivity index (χ1n) is 10.1. The van der Waals surface area contributed by atoms with Crippen molar-refractivity contribution in [1.82, 2.24) is 20.4 Å². The van der Waals surface area contributed by atoms with Crippen molar-refractivity contribution in [3.05, 3.63) is 36.2 Å². The van der Waals surface area contributed by atoms with Gasteiger partial charge in [0.1, 0.15) is 5.69 Å². The molecule has 2 aliphatic heterocycles. The van der Waals surface area contributed by atoms with Crippen LogP contribution in [0.3, 0.4) is 0 Å². The minimum atomic E-state index is 0.334. The van der Waals surface area contributed by atoms with Crippen LogP contribution in [0.5, 0.6) is 0 Å². The van der Waals surface area contributed by atoms with E-state index in [1.807, 2.05) is 24.3 Å². The number of amides is 1. The van der Waals surface area contributed by atoms with Crippen molar-refractivity contribution in [3.8, 4) is 11.5 Å². The van der Waals surface area contributed by atoms with Gasteiger partial charge in [-0.15, -0.1) is 0 Å². The molecule has 2 aromatic rings. The van der Waals surface area contributed by atoms with Crippen molar-refractivity contribution in [2.45, 2.75) is 38.5 Å². The highest BCUT2D eigenvalue weighted by atomic mass is 16.5. The first-order valence-corrected chi connectivity index (χ1v) is 10.1. The molecule has 2 aliphatic rings. The van der Waals surface area contributed by atoms with Crippen LogP contribution < -0.4 is 5.32 Å². The molecule has 1 N–H and O–H groups in total. The second kappa shape index (κ2) is 8.65. The molecule has 0 radical (unpaired) electrons. The maximum atomic E-state index is 12.7. The third-order valence-corrected chi connectivity index (χ3v) is 5.86. The molecule has 1 amide bonds. The van der Waals surface area contributed by atoms with E-state index in [0.29, 0.717) is 29.9 Å². The number of carbonyl (C=O) groups excluding carboxylic acids is 1. The molecule has 6 heteroatoms. The fourth-order valence-corrected chi connectivity index (χ4v) is 4.29. The van der Waals surface area contributed by atoms with Crippen molar-refractivity contribution in [2.24, 2.45) is 11.8 Å². The normalized spacial score (nSPS) is 23.3. The van der Waals surface area contributed by atoms with Crippen LogP contribution in [-0.2, 0) is 11.2 Å². The lowest BCUT2D eigenvalue weighted by Crippen LogP contribution is -2.42. The molecule has 4 heterocycles. The number of rotatable bonds is 5. The highest BCUT2D eigenvalue weighted by Crippen LogP contribution is 2.28. The molecule has 0 aromatic carbocycles. The third kappa shape index (κ3) is 4.56. The highest BCUT2D eigenvalue weighted by molar-refractivity contribution is 5.76. The number of likely N-dealkylation sites (tertiary alicyclic amines) is 1. The molecule has 0 spiro atoms. The van der Waals surface area contributed by atoms with Crippen LogP contribution in [0.4, 0.5) is 0 Å². The van der Waals surface area contributed by atoms with Gasteiger partial charge in [-0.2, -0.15) is 0 Å².